The summed E-state index contributed by atoms with van der Waals surface area (Å²) in [6.45, 7) is 0.122. The molecule has 110 valence electrons. The van der Waals surface area contributed by atoms with Crippen LogP contribution in [-0.2, 0) is 6.54 Å². The van der Waals surface area contributed by atoms with Crippen molar-refractivity contribution in [3.63, 3.8) is 0 Å². The second-order valence-corrected chi connectivity index (χ2v) is 4.64. The third-order valence-electron chi connectivity index (χ3n) is 3.15. The molecular formula is C16H16FNO3. The third-order valence-corrected chi connectivity index (χ3v) is 3.15. The number of carbonyl (C=O) groups is 1. The van der Waals surface area contributed by atoms with E-state index in [-0.39, 0.29) is 23.7 Å². The average molecular weight is 289 g/mol. The van der Waals surface area contributed by atoms with E-state index in [0.717, 1.165) is 0 Å². The molecule has 0 aliphatic carbocycles. The monoisotopic (exact) mass is 289 g/mol. The molecule has 2 aromatic carbocycles. The predicted molar refractivity (Wildman–Crippen MR) is 76.9 cm³/mol. The molecule has 1 N–H and O–H groups in total. The van der Waals surface area contributed by atoms with Crippen LogP contribution < -0.4 is 4.74 Å². The first-order valence-corrected chi connectivity index (χ1v) is 6.39. The van der Waals surface area contributed by atoms with Crippen molar-refractivity contribution >= 4 is 5.91 Å². The maximum Gasteiger partial charge on any atom is 0.257 e. The first kappa shape index (κ1) is 14.8. The molecule has 21 heavy (non-hydrogen) atoms. The maximum absolute atomic E-state index is 13.6. The van der Waals surface area contributed by atoms with Crippen LogP contribution in [0.5, 0.6) is 11.5 Å². The van der Waals surface area contributed by atoms with Crippen molar-refractivity contribution < 1.29 is 19.0 Å². The molecule has 0 fully saturated rings. The Morgan fingerprint density at radius 1 is 1.29 bits per heavy atom. The molecule has 1 amide bonds. The molecule has 2 aromatic rings. The number of hydrogen-bond donors (Lipinski definition) is 1. The lowest BCUT2D eigenvalue weighted by molar-refractivity contribution is 0.0781. The molecule has 0 aliphatic rings. The third kappa shape index (κ3) is 3.31. The van der Waals surface area contributed by atoms with Crippen LogP contribution in [0.25, 0.3) is 0 Å². The normalized spacial score (nSPS) is 10.2. The summed E-state index contributed by atoms with van der Waals surface area (Å²) < 4.78 is 18.6. The summed E-state index contributed by atoms with van der Waals surface area (Å²) in [7, 11) is 3.03. The summed E-state index contributed by atoms with van der Waals surface area (Å²) in [5.41, 5.74) is 0.566. The Bertz CT molecular complexity index is 658. The molecule has 0 saturated carbocycles. The minimum Gasteiger partial charge on any atom is -0.507 e. The topological polar surface area (TPSA) is 49.8 Å². The van der Waals surface area contributed by atoms with Crippen molar-refractivity contribution in [1.29, 1.82) is 0 Å². The number of carbonyl (C=O) groups excluding carboxylic acids is 1. The smallest absolute Gasteiger partial charge is 0.257 e. The van der Waals surface area contributed by atoms with Gasteiger partial charge in [-0.05, 0) is 18.2 Å². The zero-order valence-corrected chi connectivity index (χ0v) is 11.8. The molecule has 0 unspecified atom stereocenters. The fourth-order valence-electron chi connectivity index (χ4n) is 1.98. The van der Waals surface area contributed by atoms with Crippen LogP contribution in [0.2, 0.25) is 0 Å². The Balaban J connectivity index is 2.18. The van der Waals surface area contributed by atoms with Gasteiger partial charge in [-0.25, -0.2) is 4.39 Å². The van der Waals surface area contributed by atoms with Gasteiger partial charge in [-0.3, -0.25) is 4.79 Å². The van der Waals surface area contributed by atoms with E-state index in [1.54, 1.807) is 31.3 Å². The highest BCUT2D eigenvalue weighted by Gasteiger charge is 2.17. The van der Waals surface area contributed by atoms with Crippen LogP contribution in [0, 0.1) is 5.82 Å². The standard InChI is InChI=1S/C16H16FNO3/c1-18(10-11-5-3-4-6-14(11)17)16(20)13-8-7-12(21-2)9-15(13)19/h3-9,19H,10H2,1-2H3. The summed E-state index contributed by atoms with van der Waals surface area (Å²) >= 11 is 0. The van der Waals surface area contributed by atoms with E-state index >= 15 is 0 Å². The summed E-state index contributed by atoms with van der Waals surface area (Å²) in [6.07, 6.45) is 0. The molecule has 0 bridgehead atoms. The van der Waals surface area contributed by atoms with Gasteiger partial charge >= 0.3 is 0 Å². The van der Waals surface area contributed by atoms with Gasteiger partial charge in [0.2, 0.25) is 0 Å². The van der Waals surface area contributed by atoms with E-state index in [1.807, 2.05) is 0 Å². The molecule has 4 nitrogen and oxygen atoms in total. The highest BCUT2D eigenvalue weighted by atomic mass is 19.1. The van der Waals surface area contributed by atoms with Crippen molar-refractivity contribution in [2.45, 2.75) is 6.54 Å². The highest BCUT2D eigenvalue weighted by molar-refractivity contribution is 5.96. The van der Waals surface area contributed by atoms with Gasteiger partial charge in [0.25, 0.3) is 5.91 Å². The molecule has 0 aromatic heterocycles. The number of rotatable bonds is 4. The van der Waals surface area contributed by atoms with Gasteiger partial charge in [0.05, 0.1) is 12.7 Å². The number of hydrogen-bond acceptors (Lipinski definition) is 3. The number of aromatic hydroxyl groups is 1. The Kier molecular flexibility index (Phi) is 4.42. The summed E-state index contributed by atoms with van der Waals surface area (Å²) in [5, 5.41) is 9.86. The van der Waals surface area contributed by atoms with Gasteiger partial charge in [0.1, 0.15) is 17.3 Å². The van der Waals surface area contributed by atoms with Crippen molar-refractivity contribution in [3.05, 3.63) is 59.4 Å². The van der Waals surface area contributed by atoms with Crippen molar-refractivity contribution in [3.8, 4) is 11.5 Å². The van der Waals surface area contributed by atoms with Gasteiger partial charge in [-0.15, -0.1) is 0 Å². The van der Waals surface area contributed by atoms with E-state index in [4.69, 9.17) is 4.74 Å². The zero-order valence-electron chi connectivity index (χ0n) is 11.8. The molecular weight excluding hydrogens is 273 g/mol. The van der Waals surface area contributed by atoms with Crippen LogP contribution in [-0.4, -0.2) is 30.1 Å². The van der Waals surface area contributed by atoms with Gasteiger partial charge in [0, 0.05) is 25.2 Å². The molecule has 5 heteroatoms. The largest absolute Gasteiger partial charge is 0.507 e. The van der Waals surface area contributed by atoms with Crippen LogP contribution >= 0.6 is 0 Å². The van der Waals surface area contributed by atoms with Gasteiger partial charge < -0.3 is 14.7 Å². The predicted octanol–water partition coefficient (Wildman–Crippen LogP) is 2.81. The number of halogens is 1. The van der Waals surface area contributed by atoms with E-state index in [9.17, 15) is 14.3 Å². The average Bonchev–Trinajstić information content (AvgIpc) is 2.48. The lowest BCUT2D eigenvalue weighted by Crippen LogP contribution is -2.26. The first-order valence-electron chi connectivity index (χ1n) is 6.39. The van der Waals surface area contributed by atoms with Gasteiger partial charge in [-0.1, -0.05) is 18.2 Å². The minimum absolute atomic E-state index is 0.122. The van der Waals surface area contributed by atoms with Crippen LogP contribution in [0.15, 0.2) is 42.5 Å². The van der Waals surface area contributed by atoms with Crippen LogP contribution in [0.1, 0.15) is 15.9 Å². The van der Waals surface area contributed by atoms with E-state index in [2.05, 4.69) is 0 Å². The van der Waals surface area contributed by atoms with Gasteiger partial charge in [0.15, 0.2) is 0 Å². The SMILES string of the molecule is COc1ccc(C(=O)N(C)Cc2ccccc2F)c(O)c1. The summed E-state index contributed by atoms with van der Waals surface area (Å²) in [5.74, 6) is -0.463. The van der Waals surface area contributed by atoms with E-state index in [1.165, 1.54) is 30.2 Å². The Hall–Kier alpha value is -2.56. The number of ether oxygens (including phenoxy) is 1. The number of methoxy groups -OCH3 is 1. The number of nitrogens with zero attached hydrogens (tertiary/aromatic N) is 1. The zero-order chi connectivity index (χ0) is 15.4. The fourth-order valence-corrected chi connectivity index (χ4v) is 1.98. The lowest BCUT2D eigenvalue weighted by atomic mass is 10.1. The first-order chi connectivity index (χ1) is 10.0. The Morgan fingerprint density at radius 2 is 2.00 bits per heavy atom. The fraction of sp³-hybridized carbons (Fsp3) is 0.188. The number of benzene rings is 2. The maximum atomic E-state index is 13.6. The summed E-state index contributed by atoms with van der Waals surface area (Å²) in [6, 6.07) is 10.7. The Morgan fingerprint density at radius 3 is 2.62 bits per heavy atom. The molecule has 0 heterocycles. The summed E-state index contributed by atoms with van der Waals surface area (Å²) in [4.78, 5) is 13.6. The van der Waals surface area contributed by atoms with Crippen molar-refractivity contribution in [2.75, 3.05) is 14.2 Å². The van der Waals surface area contributed by atoms with Crippen molar-refractivity contribution in [2.24, 2.45) is 0 Å². The quantitative estimate of drug-likeness (QED) is 0.941. The van der Waals surface area contributed by atoms with Crippen LogP contribution in [0.4, 0.5) is 4.39 Å². The highest BCUT2D eigenvalue weighted by Crippen LogP contribution is 2.24. The van der Waals surface area contributed by atoms with E-state index < -0.39 is 5.91 Å². The second kappa shape index (κ2) is 6.26. The molecule has 0 radical (unpaired) electrons. The van der Waals surface area contributed by atoms with E-state index in [0.29, 0.717) is 11.3 Å². The lowest BCUT2D eigenvalue weighted by Gasteiger charge is -2.18. The molecule has 0 aliphatic heterocycles. The molecule has 0 atom stereocenters. The van der Waals surface area contributed by atoms with Gasteiger partial charge in [-0.2, -0.15) is 0 Å². The van der Waals surface area contributed by atoms with Crippen molar-refractivity contribution in [1.82, 2.24) is 4.90 Å². The minimum atomic E-state index is -0.390. The number of phenolic OH excluding ortho intramolecular Hbond substituents is 1. The Labute approximate surface area is 122 Å². The molecule has 0 spiro atoms. The molecule has 2 rings (SSSR count). The number of amides is 1. The molecule has 0 saturated heterocycles. The van der Waals surface area contributed by atoms with Crippen LogP contribution in [0.3, 0.4) is 0 Å². The second-order valence-electron chi connectivity index (χ2n) is 4.64. The number of phenols is 1.